The SMILES string of the molecule is O=C(C[C@H]1SC(=Nc2ccccc2)N(Cc2ccc3c(c2)OCO3)C1=O)Nc1ccc(C(=O)O)cc1. The molecular formula is C26H21N3O6S. The maximum atomic E-state index is 13.4. The Kier molecular flexibility index (Phi) is 6.59. The quantitative estimate of drug-likeness (QED) is 0.494. The van der Waals surface area contributed by atoms with Crippen LogP contribution in [0.5, 0.6) is 11.5 Å². The van der Waals surface area contributed by atoms with Crippen molar-refractivity contribution >= 4 is 46.1 Å². The maximum absolute atomic E-state index is 13.4. The molecule has 0 saturated carbocycles. The predicted molar refractivity (Wildman–Crippen MR) is 135 cm³/mol. The molecule has 0 aliphatic carbocycles. The number of hydrogen-bond donors (Lipinski definition) is 2. The maximum Gasteiger partial charge on any atom is 0.335 e. The predicted octanol–water partition coefficient (Wildman–Crippen LogP) is 4.27. The number of carbonyl (C=O) groups is 3. The Bertz CT molecular complexity index is 1340. The van der Waals surface area contributed by atoms with Gasteiger partial charge >= 0.3 is 5.97 Å². The molecule has 3 aromatic carbocycles. The summed E-state index contributed by atoms with van der Waals surface area (Å²) in [7, 11) is 0. The fourth-order valence-electron chi connectivity index (χ4n) is 3.78. The monoisotopic (exact) mass is 503 g/mol. The molecule has 0 aromatic heterocycles. The largest absolute Gasteiger partial charge is 0.478 e. The molecule has 1 fully saturated rings. The van der Waals surface area contributed by atoms with Crippen LogP contribution in [0.15, 0.2) is 77.8 Å². The summed E-state index contributed by atoms with van der Waals surface area (Å²) in [5, 5.41) is 11.6. The number of benzene rings is 3. The first-order chi connectivity index (χ1) is 17.5. The zero-order chi connectivity index (χ0) is 25.1. The zero-order valence-corrected chi connectivity index (χ0v) is 19.7. The Morgan fingerprint density at radius 3 is 2.53 bits per heavy atom. The number of fused-ring (bicyclic) bond motifs is 1. The summed E-state index contributed by atoms with van der Waals surface area (Å²) in [6.45, 7) is 0.428. The molecule has 0 bridgehead atoms. The molecule has 0 unspecified atom stereocenters. The lowest BCUT2D eigenvalue weighted by molar-refractivity contribution is -0.128. The molecule has 5 rings (SSSR count). The fraction of sp³-hybridized carbons (Fsp3) is 0.154. The third-order valence-corrected chi connectivity index (χ3v) is 6.74. The van der Waals surface area contributed by atoms with Gasteiger partial charge in [-0.25, -0.2) is 9.79 Å². The molecule has 2 heterocycles. The number of nitrogens with zero attached hydrogens (tertiary/aromatic N) is 2. The molecule has 1 atom stereocenters. The number of amidine groups is 1. The van der Waals surface area contributed by atoms with Gasteiger partial charge in [0.1, 0.15) is 5.25 Å². The Balaban J connectivity index is 1.33. The van der Waals surface area contributed by atoms with E-state index in [1.807, 2.05) is 42.5 Å². The van der Waals surface area contributed by atoms with Gasteiger partial charge in [0.2, 0.25) is 18.6 Å². The van der Waals surface area contributed by atoms with Crippen molar-refractivity contribution in [3.05, 3.63) is 83.9 Å². The minimum absolute atomic E-state index is 0.0599. The van der Waals surface area contributed by atoms with Gasteiger partial charge in [-0.15, -0.1) is 0 Å². The van der Waals surface area contributed by atoms with Gasteiger partial charge in [0.25, 0.3) is 0 Å². The summed E-state index contributed by atoms with van der Waals surface area (Å²) in [5.74, 6) is -0.339. The van der Waals surface area contributed by atoms with Crippen molar-refractivity contribution in [3.8, 4) is 11.5 Å². The number of anilines is 1. The van der Waals surface area contributed by atoms with Crippen LogP contribution >= 0.6 is 11.8 Å². The van der Waals surface area contributed by atoms with Gasteiger partial charge in [0, 0.05) is 12.1 Å². The lowest BCUT2D eigenvalue weighted by Gasteiger charge is -2.17. The minimum atomic E-state index is -1.05. The molecule has 2 amide bonds. The van der Waals surface area contributed by atoms with E-state index in [0.717, 1.165) is 5.56 Å². The summed E-state index contributed by atoms with van der Waals surface area (Å²) in [6.07, 6.45) is -0.0599. The summed E-state index contributed by atoms with van der Waals surface area (Å²) < 4.78 is 10.8. The van der Waals surface area contributed by atoms with Crippen LogP contribution in [-0.2, 0) is 16.1 Å². The molecule has 2 aliphatic rings. The van der Waals surface area contributed by atoms with Crippen molar-refractivity contribution in [2.75, 3.05) is 12.1 Å². The van der Waals surface area contributed by atoms with E-state index in [4.69, 9.17) is 14.6 Å². The smallest absolute Gasteiger partial charge is 0.335 e. The highest BCUT2D eigenvalue weighted by Gasteiger charge is 2.39. The van der Waals surface area contributed by atoms with Crippen LogP contribution in [0.3, 0.4) is 0 Å². The summed E-state index contributed by atoms with van der Waals surface area (Å²) in [5.41, 5.74) is 2.12. The highest BCUT2D eigenvalue weighted by atomic mass is 32.2. The van der Waals surface area contributed by atoms with Crippen molar-refractivity contribution in [2.45, 2.75) is 18.2 Å². The third kappa shape index (κ3) is 5.18. The van der Waals surface area contributed by atoms with Crippen molar-refractivity contribution < 1.29 is 29.0 Å². The second-order valence-corrected chi connectivity index (χ2v) is 9.25. The first kappa shape index (κ1) is 23.4. The second-order valence-electron chi connectivity index (χ2n) is 8.08. The van der Waals surface area contributed by atoms with E-state index in [1.54, 1.807) is 11.0 Å². The molecule has 182 valence electrons. The van der Waals surface area contributed by atoms with E-state index >= 15 is 0 Å². The molecule has 36 heavy (non-hydrogen) atoms. The first-order valence-electron chi connectivity index (χ1n) is 11.1. The Labute approximate surface area is 210 Å². The summed E-state index contributed by atoms with van der Waals surface area (Å²) in [4.78, 5) is 43.4. The van der Waals surface area contributed by atoms with E-state index in [0.29, 0.717) is 28.0 Å². The van der Waals surface area contributed by atoms with Gasteiger partial charge in [-0.1, -0.05) is 36.0 Å². The average Bonchev–Trinajstić information content (AvgIpc) is 3.45. The normalized spacial score (nSPS) is 17.4. The topological polar surface area (TPSA) is 118 Å². The molecule has 0 radical (unpaired) electrons. The van der Waals surface area contributed by atoms with Gasteiger partial charge in [0.15, 0.2) is 16.7 Å². The fourth-order valence-corrected chi connectivity index (χ4v) is 4.94. The lowest BCUT2D eigenvalue weighted by Crippen LogP contribution is -2.33. The first-order valence-corrected chi connectivity index (χ1v) is 12.0. The number of aliphatic imine (C=N–C) groups is 1. The molecule has 2 aliphatic heterocycles. The number of ether oxygens (including phenoxy) is 2. The lowest BCUT2D eigenvalue weighted by atomic mass is 10.1. The molecule has 0 spiro atoms. The van der Waals surface area contributed by atoms with Crippen molar-refractivity contribution in [1.29, 1.82) is 0 Å². The van der Waals surface area contributed by atoms with Crippen LogP contribution in [-0.4, -0.2) is 45.0 Å². The van der Waals surface area contributed by atoms with Crippen molar-refractivity contribution in [1.82, 2.24) is 4.90 Å². The van der Waals surface area contributed by atoms with Crippen LogP contribution in [0.25, 0.3) is 0 Å². The number of carboxylic acids is 1. The molecule has 10 heteroatoms. The van der Waals surface area contributed by atoms with Gasteiger partial charge in [-0.05, 0) is 54.1 Å². The average molecular weight is 504 g/mol. The van der Waals surface area contributed by atoms with Crippen LogP contribution in [0.4, 0.5) is 11.4 Å². The highest BCUT2D eigenvalue weighted by molar-refractivity contribution is 8.15. The molecular weight excluding hydrogens is 482 g/mol. The van der Waals surface area contributed by atoms with E-state index in [1.165, 1.54) is 36.0 Å². The number of carbonyl (C=O) groups excluding carboxylic acids is 2. The third-order valence-electron chi connectivity index (χ3n) is 5.57. The van der Waals surface area contributed by atoms with E-state index in [2.05, 4.69) is 10.3 Å². The van der Waals surface area contributed by atoms with E-state index in [-0.39, 0.29) is 37.1 Å². The van der Waals surface area contributed by atoms with Gasteiger partial charge in [-0.2, -0.15) is 0 Å². The van der Waals surface area contributed by atoms with E-state index < -0.39 is 11.2 Å². The van der Waals surface area contributed by atoms with Crippen LogP contribution in [0, 0.1) is 0 Å². The number of aromatic carboxylic acids is 1. The molecule has 9 nitrogen and oxygen atoms in total. The van der Waals surface area contributed by atoms with Crippen LogP contribution < -0.4 is 14.8 Å². The Morgan fingerprint density at radius 2 is 1.78 bits per heavy atom. The molecule has 3 aromatic rings. The van der Waals surface area contributed by atoms with Crippen molar-refractivity contribution in [2.24, 2.45) is 4.99 Å². The van der Waals surface area contributed by atoms with E-state index in [9.17, 15) is 14.4 Å². The Hall–Kier alpha value is -4.31. The number of amides is 2. The summed E-state index contributed by atoms with van der Waals surface area (Å²) in [6, 6.07) is 20.7. The number of hydrogen-bond acceptors (Lipinski definition) is 7. The van der Waals surface area contributed by atoms with Gasteiger partial charge in [-0.3, -0.25) is 14.5 Å². The Morgan fingerprint density at radius 1 is 1.03 bits per heavy atom. The number of carboxylic acid groups (broad SMARTS) is 1. The van der Waals surface area contributed by atoms with Crippen LogP contribution in [0.2, 0.25) is 0 Å². The standard InChI is InChI=1S/C26H21N3O6S/c30-23(27-19-9-7-17(8-10-19)25(32)33)13-22-24(31)29(26(36-22)28-18-4-2-1-3-5-18)14-16-6-11-20-21(12-16)35-15-34-20/h1-12,22H,13-15H2,(H,27,30)(H,32,33)/t22-/m1/s1. The number of rotatable bonds is 7. The van der Waals surface area contributed by atoms with Gasteiger partial charge < -0.3 is 19.9 Å². The van der Waals surface area contributed by atoms with Crippen LogP contribution in [0.1, 0.15) is 22.3 Å². The number of nitrogens with one attached hydrogen (secondary N) is 1. The number of thioether (sulfide) groups is 1. The number of para-hydroxylation sites is 1. The molecule has 1 saturated heterocycles. The van der Waals surface area contributed by atoms with Crippen molar-refractivity contribution in [3.63, 3.8) is 0 Å². The summed E-state index contributed by atoms with van der Waals surface area (Å²) >= 11 is 1.24. The molecule has 2 N–H and O–H groups in total. The van der Waals surface area contributed by atoms with Gasteiger partial charge in [0.05, 0.1) is 17.8 Å². The second kappa shape index (κ2) is 10.1. The minimum Gasteiger partial charge on any atom is -0.478 e. The highest BCUT2D eigenvalue weighted by Crippen LogP contribution is 2.36. The zero-order valence-electron chi connectivity index (χ0n) is 18.9.